The number of benzene rings is 5. The number of hydrogen-bond acceptors (Lipinski definition) is 6. The Balaban J connectivity index is 1.36. The van der Waals surface area contributed by atoms with Crippen molar-refractivity contribution in [1.82, 2.24) is 0 Å². The van der Waals surface area contributed by atoms with Crippen molar-refractivity contribution in [1.29, 1.82) is 0 Å². The number of rotatable bonds is 15. The van der Waals surface area contributed by atoms with Crippen LogP contribution in [0.25, 0.3) is 0 Å². The third-order valence-electron chi connectivity index (χ3n) is 9.92. The second kappa shape index (κ2) is 17.6. The zero-order valence-corrected chi connectivity index (χ0v) is 32.0. The lowest BCUT2D eigenvalue weighted by Gasteiger charge is -2.48. The lowest BCUT2D eigenvalue weighted by atomic mass is 9.94. The maximum atomic E-state index is 7.46. The molecule has 5 aromatic rings. The maximum Gasteiger partial charge on any atom is 0.261 e. The van der Waals surface area contributed by atoms with Gasteiger partial charge in [-0.2, -0.15) is 0 Å². The maximum absolute atomic E-state index is 7.46. The minimum absolute atomic E-state index is 0.194. The van der Waals surface area contributed by atoms with Crippen molar-refractivity contribution in [3.63, 3.8) is 0 Å². The van der Waals surface area contributed by atoms with Gasteiger partial charge in [-0.15, -0.1) is 0 Å². The molecule has 0 unspecified atom stereocenters. The van der Waals surface area contributed by atoms with E-state index in [0.717, 1.165) is 22.4 Å². The van der Waals surface area contributed by atoms with Gasteiger partial charge in [-0.1, -0.05) is 154 Å². The summed E-state index contributed by atoms with van der Waals surface area (Å²) in [5, 5.41) is 2.24. The highest BCUT2D eigenvalue weighted by molar-refractivity contribution is 6.99. The zero-order chi connectivity index (χ0) is 36.4. The fraction of sp³-hybridized carbons (Fsp3) is 0.333. The average molecular weight is 717 g/mol. The van der Waals surface area contributed by atoms with E-state index in [1.165, 1.54) is 10.4 Å². The van der Waals surface area contributed by atoms with Crippen LogP contribution in [0.5, 0.6) is 5.75 Å². The van der Waals surface area contributed by atoms with Gasteiger partial charge in [-0.05, 0) is 51.2 Å². The van der Waals surface area contributed by atoms with Crippen LogP contribution in [0.1, 0.15) is 44.4 Å². The van der Waals surface area contributed by atoms with Crippen molar-refractivity contribution in [2.75, 3.05) is 13.7 Å². The second-order valence-corrected chi connectivity index (χ2v) is 18.8. The number of methoxy groups -OCH3 is 1. The zero-order valence-electron chi connectivity index (χ0n) is 31.0. The smallest absolute Gasteiger partial charge is 0.261 e. The van der Waals surface area contributed by atoms with Crippen LogP contribution in [-0.4, -0.2) is 52.6 Å². The molecule has 1 heterocycles. The van der Waals surface area contributed by atoms with Crippen LogP contribution in [0, 0.1) is 0 Å². The molecule has 0 spiro atoms. The molecule has 1 aliphatic heterocycles. The van der Waals surface area contributed by atoms with Crippen molar-refractivity contribution in [3.05, 3.63) is 162 Å². The number of ether oxygens (including phenoxy) is 5. The molecule has 0 radical (unpaired) electrons. The van der Waals surface area contributed by atoms with Crippen LogP contribution in [0.4, 0.5) is 0 Å². The number of hydrogen-bond donors (Lipinski definition) is 0. The quantitative estimate of drug-likeness (QED) is 0.102. The molecule has 5 atom stereocenters. The Morgan fingerprint density at radius 1 is 0.538 bits per heavy atom. The molecule has 52 heavy (non-hydrogen) atoms. The molecule has 0 amide bonds. The topological polar surface area (TPSA) is 55.4 Å². The Hall–Kier alpha value is -4.08. The van der Waals surface area contributed by atoms with Gasteiger partial charge in [0.2, 0.25) is 0 Å². The van der Waals surface area contributed by atoms with Crippen LogP contribution in [0.2, 0.25) is 5.04 Å². The van der Waals surface area contributed by atoms with Gasteiger partial charge in [0.25, 0.3) is 8.32 Å². The average Bonchev–Trinajstić information content (AvgIpc) is 3.18. The van der Waals surface area contributed by atoms with Gasteiger partial charge in [0.15, 0.2) is 0 Å². The van der Waals surface area contributed by atoms with E-state index in [-0.39, 0.29) is 11.1 Å². The Morgan fingerprint density at radius 2 is 0.962 bits per heavy atom. The van der Waals surface area contributed by atoms with Crippen LogP contribution in [0.3, 0.4) is 0 Å². The Bertz CT molecular complexity index is 1720. The largest absolute Gasteiger partial charge is 0.497 e. The van der Waals surface area contributed by atoms with E-state index in [2.05, 4.69) is 113 Å². The minimum Gasteiger partial charge on any atom is -0.497 e. The molecular formula is C45H52O6Si. The first-order valence-electron chi connectivity index (χ1n) is 18.2. The summed E-state index contributed by atoms with van der Waals surface area (Å²) in [4.78, 5) is 0. The molecule has 1 fully saturated rings. The fourth-order valence-electron chi connectivity index (χ4n) is 7.27. The van der Waals surface area contributed by atoms with Gasteiger partial charge in [0.1, 0.15) is 30.2 Å². The predicted molar refractivity (Wildman–Crippen MR) is 210 cm³/mol. The molecule has 0 saturated carbocycles. The first-order valence-corrected chi connectivity index (χ1v) is 20.2. The van der Waals surface area contributed by atoms with E-state index >= 15 is 0 Å². The van der Waals surface area contributed by atoms with Crippen LogP contribution in [-0.2, 0) is 43.2 Å². The third-order valence-corrected chi connectivity index (χ3v) is 14.9. The molecule has 0 aromatic heterocycles. The van der Waals surface area contributed by atoms with Crippen molar-refractivity contribution in [2.24, 2.45) is 0 Å². The van der Waals surface area contributed by atoms with Crippen molar-refractivity contribution >= 4 is 18.7 Å². The molecule has 0 bridgehead atoms. The summed E-state index contributed by atoms with van der Waals surface area (Å²) in [6.45, 7) is 10.5. The highest BCUT2D eigenvalue weighted by Crippen LogP contribution is 2.38. The summed E-state index contributed by atoms with van der Waals surface area (Å²) in [5.41, 5.74) is 3.19. The van der Waals surface area contributed by atoms with Gasteiger partial charge >= 0.3 is 0 Å². The van der Waals surface area contributed by atoms with Gasteiger partial charge in [-0.3, -0.25) is 0 Å². The van der Waals surface area contributed by atoms with Crippen molar-refractivity contribution in [2.45, 2.75) is 83.1 Å². The first kappa shape index (κ1) is 37.7. The van der Waals surface area contributed by atoms with Crippen LogP contribution < -0.4 is 15.1 Å². The molecule has 0 N–H and O–H groups in total. The predicted octanol–water partition coefficient (Wildman–Crippen LogP) is 8.12. The molecule has 272 valence electrons. The van der Waals surface area contributed by atoms with Gasteiger partial charge in [-0.25, -0.2) is 0 Å². The lowest BCUT2D eigenvalue weighted by molar-refractivity contribution is -0.265. The van der Waals surface area contributed by atoms with Gasteiger partial charge < -0.3 is 28.1 Å². The summed E-state index contributed by atoms with van der Waals surface area (Å²) >= 11 is 0. The van der Waals surface area contributed by atoms with Gasteiger partial charge in [0, 0.05) is 0 Å². The summed E-state index contributed by atoms with van der Waals surface area (Å²) in [6.07, 6.45) is -2.07. The van der Waals surface area contributed by atoms with E-state index in [0.29, 0.717) is 26.4 Å². The molecule has 1 saturated heterocycles. The normalized spacial score (nSPS) is 20.8. The van der Waals surface area contributed by atoms with Gasteiger partial charge in [0.05, 0.1) is 39.6 Å². The van der Waals surface area contributed by atoms with E-state index in [9.17, 15) is 0 Å². The Morgan fingerprint density at radius 3 is 1.42 bits per heavy atom. The van der Waals surface area contributed by atoms with E-state index in [1.54, 1.807) is 7.11 Å². The van der Waals surface area contributed by atoms with E-state index in [4.69, 9.17) is 28.1 Å². The highest BCUT2D eigenvalue weighted by atomic mass is 28.4. The summed E-state index contributed by atoms with van der Waals surface area (Å²) in [5.74, 6) is 0.800. The third kappa shape index (κ3) is 8.92. The van der Waals surface area contributed by atoms with Crippen LogP contribution >= 0.6 is 0 Å². The highest BCUT2D eigenvalue weighted by Gasteiger charge is 2.53. The molecule has 5 aromatic carbocycles. The van der Waals surface area contributed by atoms with E-state index < -0.39 is 32.7 Å². The van der Waals surface area contributed by atoms with Crippen molar-refractivity contribution < 1.29 is 28.1 Å². The monoisotopic (exact) mass is 716 g/mol. The summed E-state index contributed by atoms with van der Waals surface area (Å²) in [7, 11) is -1.20. The summed E-state index contributed by atoms with van der Waals surface area (Å²) < 4.78 is 40.3. The molecule has 0 aliphatic carbocycles. The minimum atomic E-state index is -2.87. The Labute approximate surface area is 310 Å². The fourth-order valence-corrected chi connectivity index (χ4v) is 11.8. The van der Waals surface area contributed by atoms with Crippen LogP contribution in [0.15, 0.2) is 146 Å². The lowest BCUT2D eigenvalue weighted by Crippen LogP contribution is -2.68. The Kier molecular flexibility index (Phi) is 12.8. The second-order valence-electron chi connectivity index (χ2n) is 14.5. The van der Waals surface area contributed by atoms with Crippen molar-refractivity contribution in [3.8, 4) is 5.75 Å². The van der Waals surface area contributed by atoms with E-state index in [1.807, 2.05) is 60.7 Å². The molecule has 6 rings (SSSR count). The SMILES string of the molecule is COc1ccc(CO[C@H]2[C@H](OCc3ccccc3)[C@@H](OCc3ccccc3)[C@H](C)O[C@@H]2CO[Si](c2ccccc2)(c2ccccc2)C(C)(C)C)cc1. The first-order chi connectivity index (χ1) is 25.3. The molecular weight excluding hydrogens is 665 g/mol. The molecule has 1 aliphatic rings. The standard InChI is InChI=1S/C45H52O6Si/c1-34-42(47-30-35-18-10-6-11-19-35)44(49-31-36-20-12-7-13-21-36)43(48-32-37-26-28-38(46-5)29-27-37)41(51-34)33-50-52(45(2,3)4,39-22-14-8-15-23-39)40-24-16-9-17-25-40/h6-29,34,41-44H,30-33H2,1-5H3/t34-,41+,42-,43+,44+/m0/s1. The molecule has 7 heteroatoms. The summed E-state index contributed by atoms with van der Waals surface area (Å²) in [6, 6.07) is 49.9. The molecule has 6 nitrogen and oxygen atoms in total.